The number of carbonyl (C=O) groups is 1. The van der Waals surface area contributed by atoms with Gasteiger partial charge in [-0.05, 0) is 0 Å². The summed E-state index contributed by atoms with van der Waals surface area (Å²) in [5, 5.41) is 9.85. The van der Waals surface area contributed by atoms with Crippen LogP contribution >= 0.6 is 0 Å². The van der Waals surface area contributed by atoms with Gasteiger partial charge in [0.15, 0.2) is 0 Å². The number of likely N-dealkylation sites (N-methyl/N-ethyl adjacent to an activating group) is 1. The van der Waals surface area contributed by atoms with Crippen LogP contribution in [0.25, 0.3) is 0 Å². The number of aliphatic hydroxyl groups excluding tert-OH is 1. The Morgan fingerprint density at radius 3 is 2.92 bits per heavy atom. The maximum absolute atomic E-state index is 11.8. The van der Waals surface area contributed by atoms with E-state index < -0.39 is 36.7 Å². The Morgan fingerprint density at radius 1 is 1.58 bits per heavy atom. The second-order valence-corrected chi connectivity index (χ2v) is 4.01. The summed E-state index contributed by atoms with van der Waals surface area (Å²) in [5.41, 5.74) is 0. The number of hydrogen-bond donors (Lipinski definition) is 1. The van der Waals surface area contributed by atoms with Crippen LogP contribution in [-0.4, -0.2) is 47.7 Å². The zero-order chi connectivity index (χ0) is 12.5. The number of ketones is 1. The molecule has 2 bridgehead atoms. The maximum atomic E-state index is 11.8. The number of rotatable bonds is 0. The summed E-state index contributed by atoms with van der Waals surface area (Å²) in [6.07, 6.45) is -5.34. The lowest BCUT2D eigenvalue weighted by atomic mass is 9.99. The van der Waals surface area contributed by atoms with Crippen LogP contribution in [0.3, 0.4) is 0 Å². The summed E-state index contributed by atoms with van der Waals surface area (Å²) in [6.45, 7) is 0. The summed E-state index contributed by atoms with van der Waals surface area (Å²) in [5.74, 6) is -1.02. The fraction of sp³-hybridized carbons (Fsp3) is 0.889. The molecule has 2 heterocycles. The molecule has 0 aromatic carbocycles. The molecule has 3 nitrogen and oxygen atoms in total. The van der Waals surface area contributed by atoms with E-state index in [1.807, 2.05) is 0 Å². The van der Waals surface area contributed by atoms with Crippen molar-refractivity contribution in [1.82, 2.24) is 0 Å². The minimum atomic E-state index is -2.31. The summed E-state index contributed by atoms with van der Waals surface area (Å²) in [7, 11) is 3.35. The van der Waals surface area contributed by atoms with Gasteiger partial charge in [0.05, 0.1) is 32.9 Å². The SMILES string of the molecule is [2H]C1([2H])C(=O)C([2H])([2H])[C@@H]2C(O)C[C@H]1[N+]2(C)C. The van der Waals surface area contributed by atoms with Crippen molar-refractivity contribution in [3.8, 4) is 0 Å². The highest BCUT2D eigenvalue weighted by Gasteiger charge is 2.53. The Kier molecular flexibility index (Phi) is 0.904. The van der Waals surface area contributed by atoms with Crippen molar-refractivity contribution in [2.75, 3.05) is 14.1 Å². The van der Waals surface area contributed by atoms with Crippen LogP contribution in [0.2, 0.25) is 0 Å². The fourth-order valence-corrected chi connectivity index (χ4v) is 2.08. The summed E-state index contributed by atoms with van der Waals surface area (Å²) in [4.78, 5) is 11.8. The molecule has 0 saturated carbocycles. The molecule has 1 N–H and O–H groups in total. The smallest absolute Gasteiger partial charge is 0.144 e. The number of piperidine rings is 1. The van der Waals surface area contributed by atoms with E-state index in [-0.39, 0.29) is 10.9 Å². The Morgan fingerprint density at radius 2 is 2.25 bits per heavy atom. The Hall–Kier alpha value is -0.410. The van der Waals surface area contributed by atoms with Gasteiger partial charge in [0.1, 0.15) is 17.9 Å². The average Bonchev–Trinajstić information content (AvgIpc) is 2.31. The molecule has 1 unspecified atom stereocenters. The number of Topliss-reactive ketones (excluding diaryl/α,β-unsaturated/α-hetero) is 1. The van der Waals surface area contributed by atoms with Crippen molar-refractivity contribution in [1.29, 1.82) is 0 Å². The van der Waals surface area contributed by atoms with E-state index in [1.165, 1.54) is 0 Å². The van der Waals surface area contributed by atoms with Crippen molar-refractivity contribution in [3.05, 3.63) is 0 Å². The molecule has 2 aliphatic rings. The van der Waals surface area contributed by atoms with E-state index in [0.717, 1.165) is 0 Å². The first-order valence-electron chi connectivity index (χ1n) is 6.10. The summed E-state index contributed by atoms with van der Waals surface area (Å²) < 4.78 is 31.1. The summed E-state index contributed by atoms with van der Waals surface area (Å²) in [6, 6.07) is -1.53. The molecule has 0 spiro atoms. The van der Waals surface area contributed by atoms with Crippen LogP contribution < -0.4 is 0 Å². The van der Waals surface area contributed by atoms with Gasteiger partial charge in [-0.15, -0.1) is 0 Å². The van der Waals surface area contributed by atoms with E-state index in [0.29, 0.717) is 0 Å². The minimum Gasteiger partial charge on any atom is -0.387 e. The number of hydrogen-bond acceptors (Lipinski definition) is 2. The van der Waals surface area contributed by atoms with Crippen LogP contribution in [0, 0.1) is 0 Å². The first-order chi connectivity index (χ1) is 7.04. The van der Waals surface area contributed by atoms with Crippen LogP contribution in [0.15, 0.2) is 0 Å². The predicted octanol–water partition coefficient (Wildman–Crippen LogP) is -0.0725. The van der Waals surface area contributed by atoms with Gasteiger partial charge < -0.3 is 9.59 Å². The number of nitrogens with zero attached hydrogens (tertiary/aromatic N) is 1. The quantitative estimate of drug-likeness (QED) is 0.522. The molecule has 0 amide bonds. The van der Waals surface area contributed by atoms with E-state index in [2.05, 4.69) is 0 Å². The second kappa shape index (κ2) is 2.30. The first-order valence-corrected chi connectivity index (χ1v) is 4.10. The number of fused-ring (bicyclic) bond motifs is 2. The van der Waals surface area contributed by atoms with Gasteiger partial charge in [-0.3, -0.25) is 4.79 Å². The monoisotopic (exact) mass is 174 g/mol. The molecule has 2 fully saturated rings. The average molecular weight is 174 g/mol. The van der Waals surface area contributed by atoms with Crippen molar-refractivity contribution >= 4 is 5.78 Å². The van der Waals surface area contributed by atoms with Gasteiger partial charge >= 0.3 is 0 Å². The minimum absolute atomic E-state index is 0.0207. The Balaban J connectivity index is 2.61. The first kappa shape index (κ1) is 4.72. The van der Waals surface area contributed by atoms with Gasteiger partial charge in [-0.25, -0.2) is 0 Å². The highest BCUT2D eigenvalue weighted by molar-refractivity contribution is 5.80. The summed E-state index contributed by atoms with van der Waals surface area (Å²) >= 11 is 0. The molecule has 68 valence electrons. The molecule has 0 aromatic heterocycles. The highest BCUT2D eigenvalue weighted by atomic mass is 16.3. The van der Waals surface area contributed by atoms with Crippen molar-refractivity contribution in [2.24, 2.45) is 0 Å². The zero-order valence-electron chi connectivity index (χ0n) is 11.2. The molecule has 12 heavy (non-hydrogen) atoms. The third kappa shape index (κ3) is 0.930. The topological polar surface area (TPSA) is 37.3 Å². The molecule has 2 aliphatic heterocycles. The third-order valence-corrected chi connectivity index (χ3v) is 2.93. The van der Waals surface area contributed by atoms with Crippen LogP contribution in [0.1, 0.15) is 24.6 Å². The molecule has 3 heteroatoms. The van der Waals surface area contributed by atoms with Gasteiger partial charge in [-0.2, -0.15) is 0 Å². The number of aliphatic hydroxyl groups is 1. The lowest BCUT2D eigenvalue weighted by molar-refractivity contribution is -0.928. The van der Waals surface area contributed by atoms with E-state index >= 15 is 0 Å². The molecule has 0 radical (unpaired) electrons. The van der Waals surface area contributed by atoms with E-state index in [1.54, 1.807) is 14.1 Å². The maximum Gasteiger partial charge on any atom is 0.144 e. The predicted molar refractivity (Wildman–Crippen MR) is 44.5 cm³/mol. The largest absolute Gasteiger partial charge is 0.387 e. The highest BCUT2D eigenvalue weighted by Crippen LogP contribution is 2.37. The van der Waals surface area contributed by atoms with E-state index in [4.69, 9.17) is 5.48 Å². The second-order valence-electron chi connectivity index (χ2n) is 4.01. The van der Waals surface area contributed by atoms with Crippen LogP contribution in [0.4, 0.5) is 0 Å². The van der Waals surface area contributed by atoms with Crippen molar-refractivity contribution in [2.45, 2.75) is 37.4 Å². The van der Waals surface area contributed by atoms with Gasteiger partial charge in [0, 0.05) is 11.9 Å². The van der Waals surface area contributed by atoms with Crippen LogP contribution in [-0.2, 0) is 4.79 Å². The van der Waals surface area contributed by atoms with Crippen LogP contribution in [0.5, 0.6) is 0 Å². The lowest BCUT2D eigenvalue weighted by Gasteiger charge is -2.40. The number of carbonyl (C=O) groups excluding carboxylic acids is 1. The molecule has 2 rings (SSSR count). The zero-order valence-corrected chi connectivity index (χ0v) is 7.24. The van der Waals surface area contributed by atoms with Gasteiger partial charge in [0.2, 0.25) is 0 Å². The van der Waals surface area contributed by atoms with Crippen molar-refractivity contribution < 1.29 is 19.9 Å². The normalized spacial score (nSPS) is 58.2. The Labute approximate surface area is 78.2 Å². The third-order valence-electron chi connectivity index (χ3n) is 2.93. The standard InChI is InChI=1S/C9H16NO2/c1-10(2)6-3-7(11)5-8(10)9(12)4-6/h6,8-9,12H,3-5H2,1-2H3/q+1/t6-,8+,9?/m0/s1/i3D2,5D2. The Bertz CT molecular complexity index is 355. The molecule has 0 aliphatic carbocycles. The molecule has 0 aromatic rings. The van der Waals surface area contributed by atoms with E-state index in [9.17, 15) is 9.90 Å². The number of quaternary nitrogens is 1. The fourth-order valence-electron chi connectivity index (χ4n) is 2.08. The lowest BCUT2D eigenvalue weighted by Crippen LogP contribution is -2.56. The molecule has 2 saturated heterocycles. The molecular weight excluding hydrogens is 154 g/mol. The van der Waals surface area contributed by atoms with Gasteiger partial charge in [0.25, 0.3) is 0 Å². The van der Waals surface area contributed by atoms with Gasteiger partial charge in [-0.1, -0.05) is 0 Å². The van der Waals surface area contributed by atoms with Crippen molar-refractivity contribution in [3.63, 3.8) is 0 Å². The molecule has 3 atom stereocenters. The molecular formula is C9H16NO2+.